The van der Waals surface area contributed by atoms with E-state index in [-0.39, 0.29) is 25.7 Å². The van der Waals surface area contributed by atoms with Crippen LogP contribution in [0.2, 0.25) is 0 Å². The highest BCUT2D eigenvalue weighted by atomic mass is 32.2. The van der Waals surface area contributed by atoms with Crippen molar-refractivity contribution in [1.82, 2.24) is 21.3 Å². The summed E-state index contributed by atoms with van der Waals surface area (Å²) in [6.07, 6.45) is 0.00397. The Hall–Kier alpha value is -6.19. The minimum Gasteiger partial charge on any atom is -0.344 e. The maximum atomic E-state index is 15.9. The van der Waals surface area contributed by atoms with Crippen molar-refractivity contribution in [3.8, 4) is 0 Å². The van der Waals surface area contributed by atoms with Crippen molar-refractivity contribution in [1.29, 1.82) is 0 Å². The Bertz CT molecular complexity index is 3370. The summed E-state index contributed by atoms with van der Waals surface area (Å²) in [5.74, 6) is -9.76. The van der Waals surface area contributed by atoms with Crippen molar-refractivity contribution in [2.45, 2.75) is 128 Å². The Morgan fingerprint density at radius 2 is 0.861 bits per heavy atom. The van der Waals surface area contributed by atoms with Crippen molar-refractivity contribution in [3.05, 3.63) is 168 Å². The lowest BCUT2D eigenvalue weighted by atomic mass is 9.94. The highest BCUT2D eigenvalue weighted by molar-refractivity contribution is 7.93. The van der Waals surface area contributed by atoms with E-state index in [0.29, 0.717) is 11.1 Å². The van der Waals surface area contributed by atoms with Gasteiger partial charge in [0.2, 0.25) is 23.6 Å². The number of benzene rings is 6. The molecule has 0 saturated heterocycles. The molecule has 424 valence electrons. The largest absolute Gasteiger partial charge is 0.344 e. The van der Waals surface area contributed by atoms with Crippen LogP contribution < -0.4 is 26.8 Å². The minimum absolute atomic E-state index is 0.0584. The third-order valence-corrected chi connectivity index (χ3v) is 22.7. The fourth-order valence-corrected chi connectivity index (χ4v) is 14.2. The molecule has 7 atom stereocenters. The van der Waals surface area contributed by atoms with Crippen LogP contribution in [0.15, 0.2) is 146 Å². The van der Waals surface area contributed by atoms with Gasteiger partial charge in [-0.1, -0.05) is 173 Å². The summed E-state index contributed by atoms with van der Waals surface area (Å²) >= 11 is 0. The van der Waals surface area contributed by atoms with Crippen molar-refractivity contribution in [2.75, 3.05) is 11.5 Å². The fourth-order valence-electron chi connectivity index (χ4n) is 9.47. The van der Waals surface area contributed by atoms with Gasteiger partial charge in [0, 0.05) is 12.8 Å². The molecule has 0 aliphatic carbocycles. The van der Waals surface area contributed by atoms with E-state index in [9.17, 15) is 36.0 Å². The van der Waals surface area contributed by atoms with Crippen LogP contribution in [-0.4, -0.2) is 85.1 Å². The first-order chi connectivity index (χ1) is 37.0. The lowest BCUT2D eigenvalue weighted by molar-refractivity contribution is -0.132. The van der Waals surface area contributed by atoms with Crippen LogP contribution in [0, 0.1) is 23.7 Å². The minimum atomic E-state index is -4.37. The van der Waals surface area contributed by atoms with E-state index in [1.165, 1.54) is 0 Å². The van der Waals surface area contributed by atoms with Crippen molar-refractivity contribution in [3.63, 3.8) is 0 Å². The average molecular weight is 1130 g/mol. The standard InChI is InChI=1S/C62H80N5O9PS2/c1-41(2)55(66-57(68)50(39-78(73,74)61(5,6)7)35-45-32-33-46-26-17-18-28-48(46)34-45)59(70)64-53(36-43-22-13-11-14-23-43)77(63,72)54(37-44-24-15-12-16-25-44)65-60(71)56(42(3)4)67-58(69)51(40-79(75,76)62(8,9)10)38-49-30-21-29-47-27-19-20-31-52(47)49/h11-34,41-42,50-51,53-56H,35-40H2,1-10H3,(H2,63,72)(H,64,70)(H,65,71)(H,66,68)(H,67,69)/t50-,51-,53+,54+,55+,56+,77?/m1/s1. The van der Waals surface area contributed by atoms with Crippen LogP contribution in [0.3, 0.4) is 0 Å². The molecule has 0 aliphatic rings. The summed E-state index contributed by atoms with van der Waals surface area (Å²) in [7, 11) is -12.1. The van der Waals surface area contributed by atoms with Crippen LogP contribution in [0.1, 0.15) is 91.5 Å². The molecule has 6 aromatic rings. The SMILES string of the molecule is CC(C)[C@H](NC(=O)[C@H](Cc1ccc2ccccc2c1)CS(=O)(=O)C(C)(C)C)C(=O)N[C@H](Cc1ccccc1)P(N)(=O)[C@@H](Cc1ccccc1)NC(=O)[C@@H](NC(=O)[C@H](Cc1cccc2ccccc12)CS(=O)(=O)C(C)(C)C)C(C)C. The molecule has 0 aromatic heterocycles. The quantitative estimate of drug-likeness (QED) is 0.0361. The Morgan fingerprint density at radius 3 is 1.32 bits per heavy atom. The number of fused-ring (bicyclic) bond motifs is 2. The van der Waals surface area contributed by atoms with Gasteiger partial charge >= 0.3 is 0 Å². The zero-order valence-corrected chi connectivity index (χ0v) is 49.8. The van der Waals surface area contributed by atoms with E-state index in [1.54, 1.807) is 118 Å². The predicted molar refractivity (Wildman–Crippen MR) is 319 cm³/mol. The summed E-state index contributed by atoms with van der Waals surface area (Å²) in [6.45, 7) is 16.4. The maximum absolute atomic E-state index is 15.9. The second-order valence-corrected chi connectivity index (χ2v) is 31.9. The number of carbonyl (C=O) groups excluding carboxylic acids is 4. The molecule has 14 nitrogen and oxygen atoms in total. The first-order valence-corrected chi connectivity index (χ1v) is 32.3. The highest BCUT2D eigenvalue weighted by Crippen LogP contribution is 2.48. The lowest BCUT2D eigenvalue weighted by Crippen LogP contribution is -2.57. The van der Waals surface area contributed by atoms with E-state index in [1.807, 2.05) is 97.1 Å². The van der Waals surface area contributed by atoms with E-state index in [0.717, 1.165) is 32.7 Å². The Balaban J connectivity index is 1.32. The molecule has 0 fully saturated rings. The van der Waals surface area contributed by atoms with E-state index in [4.69, 9.17) is 5.50 Å². The van der Waals surface area contributed by atoms with Crippen LogP contribution in [0.25, 0.3) is 21.5 Å². The predicted octanol–water partition coefficient (Wildman–Crippen LogP) is 9.33. The van der Waals surface area contributed by atoms with Gasteiger partial charge in [-0.25, -0.2) is 16.8 Å². The highest BCUT2D eigenvalue weighted by Gasteiger charge is 2.44. The van der Waals surface area contributed by atoms with Crippen LogP contribution in [-0.2, 0) is 69.1 Å². The third kappa shape index (κ3) is 16.2. The monoisotopic (exact) mass is 1130 g/mol. The summed E-state index contributed by atoms with van der Waals surface area (Å²) in [5.41, 5.74) is 9.96. The molecule has 79 heavy (non-hydrogen) atoms. The molecule has 17 heteroatoms. The van der Waals surface area contributed by atoms with E-state index < -0.39 is 119 Å². The van der Waals surface area contributed by atoms with E-state index >= 15 is 4.57 Å². The molecule has 0 bridgehead atoms. The van der Waals surface area contributed by atoms with Gasteiger partial charge in [0.15, 0.2) is 27.0 Å². The van der Waals surface area contributed by atoms with Crippen LogP contribution >= 0.6 is 7.29 Å². The Morgan fingerprint density at radius 1 is 0.456 bits per heavy atom. The van der Waals surface area contributed by atoms with Crippen molar-refractivity contribution in [2.24, 2.45) is 29.2 Å². The molecule has 0 saturated carbocycles. The Labute approximate surface area is 468 Å². The number of hydrogen-bond acceptors (Lipinski definition) is 9. The first-order valence-electron chi connectivity index (χ1n) is 27.0. The fraction of sp³-hybridized carbons (Fsp3) is 0.419. The first kappa shape index (κ1) is 62.0. The van der Waals surface area contributed by atoms with E-state index in [2.05, 4.69) is 21.3 Å². The molecule has 1 unspecified atom stereocenters. The van der Waals surface area contributed by atoms with Gasteiger partial charge in [-0.2, -0.15) is 0 Å². The molecular formula is C62H80N5O9PS2. The zero-order chi connectivity index (χ0) is 58.1. The molecule has 6 rings (SSSR count). The van der Waals surface area contributed by atoms with Crippen LogP contribution in [0.5, 0.6) is 0 Å². The number of carbonyl (C=O) groups is 4. The van der Waals surface area contributed by atoms with Crippen molar-refractivity contribution < 1.29 is 40.6 Å². The molecule has 0 heterocycles. The third-order valence-electron chi connectivity index (χ3n) is 14.7. The number of rotatable bonds is 24. The summed E-state index contributed by atoms with van der Waals surface area (Å²) in [6, 6.07) is 42.1. The number of sulfone groups is 2. The molecule has 0 aliphatic heterocycles. The molecule has 6 aromatic carbocycles. The summed E-state index contributed by atoms with van der Waals surface area (Å²) in [4.78, 5) is 59.1. The normalized spacial score (nSPS) is 15.6. The van der Waals surface area contributed by atoms with Gasteiger partial charge in [0.05, 0.1) is 32.8 Å². The lowest BCUT2D eigenvalue weighted by Gasteiger charge is -2.35. The van der Waals surface area contributed by atoms with Gasteiger partial charge in [0.1, 0.15) is 23.6 Å². The number of nitrogens with one attached hydrogen (secondary N) is 4. The second-order valence-electron chi connectivity index (χ2n) is 23.6. The second kappa shape index (κ2) is 25.9. The summed E-state index contributed by atoms with van der Waals surface area (Å²) < 4.78 is 68.8. The summed E-state index contributed by atoms with van der Waals surface area (Å²) in [5, 5.41) is 15.3. The topological polar surface area (TPSA) is 228 Å². The van der Waals surface area contributed by atoms with Gasteiger partial charge in [-0.3, -0.25) is 24.7 Å². The van der Waals surface area contributed by atoms with Gasteiger partial charge in [-0.05, 0) is 110 Å². The molecular weight excluding hydrogens is 1050 g/mol. The smallest absolute Gasteiger partial charge is 0.243 e. The molecule has 4 amide bonds. The maximum Gasteiger partial charge on any atom is 0.243 e. The number of nitrogens with two attached hydrogens (primary N) is 1. The van der Waals surface area contributed by atoms with Crippen LogP contribution in [0.4, 0.5) is 0 Å². The number of amides is 4. The molecule has 6 N–H and O–H groups in total. The molecule has 0 spiro atoms. The van der Waals surface area contributed by atoms with Crippen molar-refractivity contribution >= 4 is 72.1 Å². The average Bonchev–Trinajstić information content (AvgIpc) is 3.41. The molecule has 0 radical (unpaired) electrons. The zero-order valence-electron chi connectivity index (χ0n) is 47.2. The van der Waals surface area contributed by atoms with Gasteiger partial charge < -0.3 is 25.8 Å². The van der Waals surface area contributed by atoms with Gasteiger partial charge in [0.25, 0.3) is 0 Å². The Kier molecular flexibility index (Phi) is 20.4. The number of hydrogen-bond donors (Lipinski definition) is 5. The van der Waals surface area contributed by atoms with Gasteiger partial charge in [-0.15, -0.1) is 0 Å².